The summed E-state index contributed by atoms with van der Waals surface area (Å²) in [6.45, 7) is 0. The number of hydrogen-bond donors (Lipinski definition) is 1. The number of hydrogen-bond acceptors (Lipinski definition) is 4. The van der Waals surface area contributed by atoms with Crippen LogP contribution in [0.15, 0.2) is 18.2 Å². The lowest BCUT2D eigenvalue weighted by Gasteiger charge is -2.06. The number of aryl methyl sites for hydroxylation is 1. The maximum Gasteiger partial charge on any atom is 0.339 e. The predicted octanol–water partition coefficient (Wildman–Crippen LogP) is 1.36. The highest BCUT2D eigenvalue weighted by Crippen LogP contribution is 2.16. The monoisotopic (exact) mass is 233 g/mol. The van der Waals surface area contributed by atoms with Gasteiger partial charge in [-0.1, -0.05) is 12.1 Å². The molecular weight excluding hydrogens is 222 g/mol. The zero-order valence-electron chi connectivity index (χ0n) is 9.27. The average molecular weight is 233 g/mol. The van der Waals surface area contributed by atoms with Crippen LogP contribution in [0.3, 0.4) is 0 Å². The molecule has 1 aromatic carbocycles. The summed E-state index contributed by atoms with van der Waals surface area (Å²) in [6.07, 6.45) is 0.127. The van der Waals surface area contributed by atoms with Crippen molar-refractivity contribution in [2.45, 2.75) is 12.8 Å². The summed E-state index contributed by atoms with van der Waals surface area (Å²) in [5, 5.41) is 17.6. The Balaban J connectivity index is 3.11. The second kappa shape index (κ2) is 5.66. The van der Waals surface area contributed by atoms with Gasteiger partial charge in [0, 0.05) is 6.42 Å². The molecule has 0 bridgehead atoms. The third kappa shape index (κ3) is 3.05. The Hall–Kier alpha value is -2.35. The lowest BCUT2D eigenvalue weighted by Crippen LogP contribution is -2.07. The van der Waals surface area contributed by atoms with Gasteiger partial charge in [-0.3, -0.25) is 4.79 Å². The van der Waals surface area contributed by atoms with Gasteiger partial charge < -0.3 is 9.84 Å². The van der Waals surface area contributed by atoms with Gasteiger partial charge in [-0.15, -0.1) is 0 Å². The van der Waals surface area contributed by atoms with Crippen LogP contribution in [0.25, 0.3) is 0 Å². The van der Waals surface area contributed by atoms with Crippen molar-refractivity contribution < 1.29 is 19.4 Å². The van der Waals surface area contributed by atoms with Crippen molar-refractivity contribution in [1.82, 2.24) is 0 Å². The Labute approximate surface area is 98.2 Å². The van der Waals surface area contributed by atoms with Crippen LogP contribution < -0.4 is 0 Å². The SMILES string of the molecule is COC(=O)c1cccc(CCC(=O)O)c1C#N. The van der Waals surface area contributed by atoms with Crippen LogP contribution in [0.4, 0.5) is 0 Å². The molecule has 0 amide bonds. The molecule has 0 heterocycles. The van der Waals surface area contributed by atoms with Crippen molar-refractivity contribution in [2.24, 2.45) is 0 Å². The highest BCUT2D eigenvalue weighted by molar-refractivity contribution is 5.92. The van der Waals surface area contributed by atoms with Crippen LogP contribution >= 0.6 is 0 Å². The predicted molar refractivity (Wildman–Crippen MR) is 58.5 cm³/mol. The van der Waals surface area contributed by atoms with Gasteiger partial charge in [-0.25, -0.2) is 4.79 Å². The Kier molecular flexibility index (Phi) is 4.23. The minimum atomic E-state index is -0.947. The summed E-state index contributed by atoms with van der Waals surface area (Å²) in [4.78, 5) is 21.9. The molecule has 0 radical (unpaired) electrons. The molecule has 1 aromatic rings. The van der Waals surface area contributed by atoms with E-state index in [-0.39, 0.29) is 24.0 Å². The minimum Gasteiger partial charge on any atom is -0.481 e. The van der Waals surface area contributed by atoms with E-state index in [1.807, 2.05) is 6.07 Å². The quantitative estimate of drug-likeness (QED) is 0.793. The number of carboxylic acids is 1. The van der Waals surface area contributed by atoms with Crippen LogP contribution in [-0.4, -0.2) is 24.2 Å². The molecule has 0 aliphatic heterocycles. The summed E-state index contributed by atoms with van der Waals surface area (Å²) in [5.74, 6) is -1.55. The Morgan fingerprint density at radius 2 is 2.18 bits per heavy atom. The fourth-order valence-electron chi connectivity index (χ4n) is 1.46. The summed E-state index contributed by atoms with van der Waals surface area (Å²) in [5.41, 5.74) is 0.885. The second-order valence-electron chi connectivity index (χ2n) is 3.34. The molecule has 5 heteroatoms. The third-order valence-corrected chi connectivity index (χ3v) is 2.28. The molecule has 0 fully saturated rings. The second-order valence-corrected chi connectivity index (χ2v) is 3.34. The topological polar surface area (TPSA) is 87.4 Å². The van der Waals surface area contributed by atoms with Gasteiger partial charge in [0.15, 0.2) is 0 Å². The number of carbonyl (C=O) groups is 2. The lowest BCUT2D eigenvalue weighted by atomic mass is 9.98. The molecule has 1 N–H and O–H groups in total. The van der Waals surface area contributed by atoms with E-state index in [0.717, 1.165) is 0 Å². The van der Waals surface area contributed by atoms with Crippen LogP contribution in [0.1, 0.15) is 27.9 Å². The van der Waals surface area contributed by atoms with Gasteiger partial charge in [0.05, 0.1) is 18.2 Å². The average Bonchev–Trinajstić information content (AvgIpc) is 2.34. The highest BCUT2D eigenvalue weighted by Gasteiger charge is 2.15. The van der Waals surface area contributed by atoms with Crippen molar-refractivity contribution in [3.63, 3.8) is 0 Å². The number of esters is 1. The summed E-state index contributed by atoms with van der Waals surface area (Å²) in [7, 11) is 1.23. The smallest absolute Gasteiger partial charge is 0.339 e. The number of carboxylic acid groups (broad SMARTS) is 1. The van der Waals surface area contributed by atoms with Crippen molar-refractivity contribution >= 4 is 11.9 Å². The highest BCUT2D eigenvalue weighted by atomic mass is 16.5. The number of nitrogens with zero attached hydrogens (tertiary/aromatic N) is 1. The van der Waals surface area contributed by atoms with Gasteiger partial charge in [-0.2, -0.15) is 5.26 Å². The number of methoxy groups -OCH3 is 1. The minimum absolute atomic E-state index is 0.0840. The standard InChI is InChI=1S/C12H11NO4/c1-17-12(16)9-4-2-3-8(10(9)7-13)5-6-11(14)15/h2-4H,5-6H2,1H3,(H,14,15). The van der Waals surface area contributed by atoms with Crippen molar-refractivity contribution in [1.29, 1.82) is 5.26 Å². The number of ether oxygens (including phenoxy) is 1. The fourth-order valence-corrected chi connectivity index (χ4v) is 1.46. The zero-order valence-corrected chi connectivity index (χ0v) is 9.27. The molecule has 0 aliphatic carbocycles. The first-order chi connectivity index (χ1) is 8.10. The number of rotatable bonds is 4. The van der Waals surface area contributed by atoms with Gasteiger partial charge in [0.25, 0.3) is 0 Å². The summed E-state index contributed by atoms with van der Waals surface area (Å²) in [6, 6.07) is 6.62. The van der Waals surface area contributed by atoms with E-state index in [0.29, 0.717) is 5.56 Å². The normalized spacial score (nSPS) is 9.41. The van der Waals surface area contributed by atoms with Crippen molar-refractivity contribution in [3.8, 4) is 6.07 Å². The summed E-state index contributed by atoms with van der Waals surface area (Å²) < 4.78 is 4.55. The number of nitriles is 1. The van der Waals surface area contributed by atoms with Crippen LogP contribution in [0, 0.1) is 11.3 Å². The zero-order chi connectivity index (χ0) is 12.8. The molecule has 0 aliphatic rings. The Bertz CT molecular complexity index is 488. The molecule has 5 nitrogen and oxygen atoms in total. The van der Waals surface area contributed by atoms with E-state index in [4.69, 9.17) is 10.4 Å². The molecule has 0 atom stereocenters. The number of benzene rings is 1. The molecule has 0 spiro atoms. The molecule has 1 rings (SSSR count). The van der Waals surface area contributed by atoms with Crippen LogP contribution in [0.5, 0.6) is 0 Å². The number of aliphatic carboxylic acids is 1. The third-order valence-electron chi connectivity index (χ3n) is 2.28. The van der Waals surface area contributed by atoms with Crippen molar-refractivity contribution in [2.75, 3.05) is 7.11 Å². The molecule has 0 unspecified atom stereocenters. The van der Waals surface area contributed by atoms with E-state index in [1.54, 1.807) is 12.1 Å². The summed E-state index contributed by atoms with van der Waals surface area (Å²) >= 11 is 0. The maximum absolute atomic E-state index is 11.4. The lowest BCUT2D eigenvalue weighted by molar-refractivity contribution is -0.136. The first-order valence-electron chi connectivity index (χ1n) is 4.92. The van der Waals surface area contributed by atoms with E-state index >= 15 is 0 Å². The molecule has 0 aromatic heterocycles. The molecule has 0 saturated carbocycles. The van der Waals surface area contributed by atoms with Gasteiger partial charge in [-0.05, 0) is 18.1 Å². The largest absolute Gasteiger partial charge is 0.481 e. The fraction of sp³-hybridized carbons (Fsp3) is 0.250. The van der Waals surface area contributed by atoms with Gasteiger partial charge >= 0.3 is 11.9 Å². The maximum atomic E-state index is 11.4. The molecule has 0 saturated heterocycles. The molecular formula is C12H11NO4. The van der Waals surface area contributed by atoms with E-state index < -0.39 is 11.9 Å². The number of carbonyl (C=O) groups excluding carboxylic acids is 1. The van der Waals surface area contributed by atoms with E-state index in [9.17, 15) is 9.59 Å². The molecule has 17 heavy (non-hydrogen) atoms. The van der Waals surface area contributed by atoms with Crippen LogP contribution in [0.2, 0.25) is 0 Å². The van der Waals surface area contributed by atoms with E-state index in [2.05, 4.69) is 4.74 Å². The first kappa shape index (κ1) is 12.7. The Morgan fingerprint density at radius 3 is 2.71 bits per heavy atom. The molecule has 88 valence electrons. The first-order valence-corrected chi connectivity index (χ1v) is 4.92. The Morgan fingerprint density at radius 1 is 1.47 bits per heavy atom. The van der Waals surface area contributed by atoms with E-state index in [1.165, 1.54) is 13.2 Å². The van der Waals surface area contributed by atoms with Crippen LogP contribution in [-0.2, 0) is 16.0 Å². The van der Waals surface area contributed by atoms with Gasteiger partial charge in [0.1, 0.15) is 6.07 Å². The van der Waals surface area contributed by atoms with Crippen molar-refractivity contribution in [3.05, 3.63) is 34.9 Å². The van der Waals surface area contributed by atoms with Gasteiger partial charge in [0.2, 0.25) is 0 Å².